The quantitative estimate of drug-likeness (QED) is 0.752. The highest BCUT2D eigenvalue weighted by molar-refractivity contribution is 6.07. The molecule has 0 radical (unpaired) electrons. The van der Waals surface area contributed by atoms with Crippen LogP contribution in [0.4, 0.5) is 4.79 Å². The summed E-state index contributed by atoms with van der Waals surface area (Å²) >= 11 is 0. The maximum atomic E-state index is 12.7. The van der Waals surface area contributed by atoms with Crippen molar-refractivity contribution < 1.29 is 9.59 Å². The van der Waals surface area contributed by atoms with E-state index >= 15 is 0 Å². The first-order valence-corrected chi connectivity index (χ1v) is 10.2. The third kappa shape index (κ3) is 4.52. The Labute approximate surface area is 162 Å². The molecule has 0 aliphatic carbocycles. The number of rotatable bonds is 6. The van der Waals surface area contributed by atoms with Gasteiger partial charge >= 0.3 is 6.03 Å². The molecular weight excluding hydrogens is 338 g/mol. The fourth-order valence-electron chi connectivity index (χ4n) is 4.69. The molecule has 27 heavy (non-hydrogen) atoms. The summed E-state index contributed by atoms with van der Waals surface area (Å²) < 4.78 is 0. The van der Waals surface area contributed by atoms with Crippen molar-refractivity contribution in [3.05, 3.63) is 34.9 Å². The number of carbonyl (C=O) groups is 2. The Balaban J connectivity index is 1.65. The third-order valence-corrected chi connectivity index (χ3v) is 6.06. The summed E-state index contributed by atoms with van der Waals surface area (Å²) in [4.78, 5) is 27.0. The minimum atomic E-state index is -0.715. The first-order valence-electron chi connectivity index (χ1n) is 10.2. The first-order chi connectivity index (χ1) is 12.8. The van der Waals surface area contributed by atoms with Crippen molar-refractivity contribution in [2.75, 3.05) is 13.1 Å². The standard InChI is InChI=1S/C22H33N3O2/c1-15(2)5-8-22(20(26)23-21(27)24-22)19-6-9-25(10-7-19)14-18-12-16(3)11-17(4)13-18/h11-13,15,19H,5-10,14H2,1-4H3,(H2,23,24,26,27). The number of carbonyl (C=O) groups excluding carboxylic acids is 2. The Bertz CT molecular complexity index is 687. The highest BCUT2D eigenvalue weighted by atomic mass is 16.2. The molecule has 5 heteroatoms. The van der Waals surface area contributed by atoms with Crippen LogP contribution in [0.15, 0.2) is 18.2 Å². The molecule has 1 unspecified atom stereocenters. The van der Waals surface area contributed by atoms with Crippen LogP contribution in [0.2, 0.25) is 0 Å². The Kier molecular flexibility index (Phi) is 5.89. The average Bonchev–Trinajstić information content (AvgIpc) is 2.87. The second-order valence-electron chi connectivity index (χ2n) is 8.86. The molecular formula is C22H33N3O2. The van der Waals surface area contributed by atoms with Crippen molar-refractivity contribution in [3.8, 4) is 0 Å². The zero-order valence-electron chi connectivity index (χ0n) is 17.1. The van der Waals surface area contributed by atoms with Gasteiger partial charge in [-0.25, -0.2) is 4.79 Å². The summed E-state index contributed by atoms with van der Waals surface area (Å²) in [6.45, 7) is 11.5. The topological polar surface area (TPSA) is 61.4 Å². The van der Waals surface area contributed by atoms with Gasteiger partial charge in [-0.3, -0.25) is 15.0 Å². The molecule has 3 rings (SSSR count). The van der Waals surface area contributed by atoms with Crippen LogP contribution < -0.4 is 10.6 Å². The SMILES string of the molecule is Cc1cc(C)cc(CN2CCC(C3(CCC(C)C)NC(=O)NC3=O)CC2)c1. The molecule has 0 bridgehead atoms. The molecule has 5 nitrogen and oxygen atoms in total. The van der Waals surface area contributed by atoms with Crippen LogP contribution in [-0.4, -0.2) is 35.5 Å². The molecule has 3 amide bonds. The predicted molar refractivity (Wildman–Crippen MR) is 107 cm³/mol. The van der Waals surface area contributed by atoms with Crippen molar-refractivity contribution in [2.24, 2.45) is 11.8 Å². The van der Waals surface area contributed by atoms with E-state index in [1.807, 2.05) is 0 Å². The van der Waals surface area contributed by atoms with Crippen LogP contribution in [0.1, 0.15) is 56.2 Å². The molecule has 0 aromatic heterocycles. The van der Waals surface area contributed by atoms with Gasteiger partial charge in [-0.1, -0.05) is 43.2 Å². The van der Waals surface area contributed by atoms with Gasteiger partial charge in [0.15, 0.2) is 0 Å². The Morgan fingerprint density at radius 1 is 1.11 bits per heavy atom. The number of likely N-dealkylation sites (tertiary alicyclic amines) is 1. The number of aryl methyl sites for hydroxylation is 2. The lowest BCUT2D eigenvalue weighted by molar-refractivity contribution is -0.127. The van der Waals surface area contributed by atoms with Crippen LogP contribution in [0.5, 0.6) is 0 Å². The molecule has 2 saturated heterocycles. The van der Waals surface area contributed by atoms with E-state index < -0.39 is 5.54 Å². The van der Waals surface area contributed by atoms with Crippen LogP contribution in [0.25, 0.3) is 0 Å². The second-order valence-corrected chi connectivity index (χ2v) is 8.86. The molecule has 0 saturated carbocycles. The van der Waals surface area contributed by atoms with E-state index in [-0.39, 0.29) is 17.9 Å². The van der Waals surface area contributed by atoms with E-state index in [0.717, 1.165) is 45.3 Å². The summed E-state index contributed by atoms with van der Waals surface area (Å²) in [5.41, 5.74) is 3.25. The second kappa shape index (κ2) is 8.01. The van der Waals surface area contributed by atoms with Crippen molar-refractivity contribution in [1.82, 2.24) is 15.5 Å². The van der Waals surface area contributed by atoms with E-state index in [2.05, 4.69) is 61.4 Å². The Hall–Kier alpha value is -1.88. The third-order valence-electron chi connectivity index (χ3n) is 6.06. The minimum Gasteiger partial charge on any atom is -0.323 e. The Morgan fingerprint density at radius 3 is 2.26 bits per heavy atom. The van der Waals surface area contributed by atoms with E-state index in [4.69, 9.17) is 0 Å². The zero-order valence-corrected chi connectivity index (χ0v) is 17.1. The average molecular weight is 372 g/mol. The lowest BCUT2D eigenvalue weighted by Crippen LogP contribution is -2.56. The van der Waals surface area contributed by atoms with Gasteiger partial charge in [0.1, 0.15) is 5.54 Å². The van der Waals surface area contributed by atoms with Gasteiger partial charge in [-0.05, 0) is 70.0 Å². The van der Waals surface area contributed by atoms with Gasteiger partial charge in [0.2, 0.25) is 0 Å². The first kappa shape index (κ1) is 19.9. The maximum Gasteiger partial charge on any atom is 0.322 e. The number of imide groups is 1. The lowest BCUT2D eigenvalue weighted by atomic mass is 9.74. The summed E-state index contributed by atoms with van der Waals surface area (Å²) in [7, 11) is 0. The van der Waals surface area contributed by atoms with Crippen molar-refractivity contribution >= 4 is 11.9 Å². The van der Waals surface area contributed by atoms with Gasteiger partial charge in [-0.15, -0.1) is 0 Å². The fraction of sp³-hybridized carbons (Fsp3) is 0.636. The summed E-state index contributed by atoms with van der Waals surface area (Å²) in [5.74, 6) is 0.593. The van der Waals surface area contributed by atoms with E-state index in [1.54, 1.807) is 0 Å². The van der Waals surface area contributed by atoms with Crippen LogP contribution in [0.3, 0.4) is 0 Å². The molecule has 1 aromatic rings. The van der Waals surface area contributed by atoms with Gasteiger partial charge in [0.25, 0.3) is 5.91 Å². The molecule has 1 atom stereocenters. The van der Waals surface area contributed by atoms with Crippen LogP contribution in [-0.2, 0) is 11.3 Å². The molecule has 0 spiro atoms. The van der Waals surface area contributed by atoms with E-state index in [0.29, 0.717) is 5.92 Å². The summed E-state index contributed by atoms with van der Waals surface area (Å²) in [5, 5.41) is 5.49. The summed E-state index contributed by atoms with van der Waals surface area (Å²) in [6.07, 6.45) is 3.55. The number of nitrogens with zero attached hydrogens (tertiary/aromatic N) is 1. The van der Waals surface area contributed by atoms with Gasteiger partial charge < -0.3 is 5.32 Å². The number of hydrogen-bond acceptors (Lipinski definition) is 3. The normalized spacial score (nSPS) is 24.3. The lowest BCUT2D eigenvalue weighted by Gasteiger charge is -2.41. The van der Waals surface area contributed by atoms with Crippen molar-refractivity contribution in [3.63, 3.8) is 0 Å². The van der Waals surface area contributed by atoms with Crippen LogP contribution in [0, 0.1) is 25.7 Å². The van der Waals surface area contributed by atoms with E-state index in [1.165, 1.54) is 16.7 Å². The molecule has 1 aromatic carbocycles. The van der Waals surface area contributed by atoms with E-state index in [9.17, 15) is 9.59 Å². The Morgan fingerprint density at radius 2 is 1.74 bits per heavy atom. The predicted octanol–water partition coefficient (Wildman–Crippen LogP) is 3.53. The van der Waals surface area contributed by atoms with Gasteiger partial charge in [0, 0.05) is 6.54 Å². The maximum absolute atomic E-state index is 12.7. The largest absolute Gasteiger partial charge is 0.323 e. The fourth-order valence-corrected chi connectivity index (χ4v) is 4.69. The number of urea groups is 1. The van der Waals surface area contributed by atoms with Crippen molar-refractivity contribution in [1.29, 1.82) is 0 Å². The number of hydrogen-bond donors (Lipinski definition) is 2. The number of piperidine rings is 1. The number of benzene rings is 1. The van der Waals surface area contributed by atoms with Gasteiger partial charge in [0.05, 0.1) is 0 Å². The van der Waals surface area contributed by atoms with Crippen molar-refractivity contribution in [2.45, 2.75) is 65.5 Å². The number of amides is 3. The molecule has 2 aliphatic rings. The smallest absolute Gasteiger partial charge is 0.322 e. The minimum absolute atomic E-state index is 0.124. The molecule has 2 N–H and O–H groups in total. The highest BCUT2D eigenvalue weighted by Gasteiger charge is 2.51. The molecule has 2 fully saturated rings. The molecule has 148 valence electrons. The molecule has 2 heterocycles. The number of nitrogens with one attached hydrogen (secondary N) is 2. The van der Waals surface area contributed by atoms with Crippen LogP contribution >= 0.6 is 0 Å². The monoisotopic (exact) mass is 371 g/mol. The highest BCUT2D eigenvalue weighted by Crippen LogP contribution is 2.35. The molecule has 2 aliphatic heterocycles. The zero-order chi connectivity index (χ0) is 19.6. The summed E-state index contributed by atoms with van der Waals surface area (Å²) in [6, 6.07) is 6.39. The van der Waals surface area contributed by atoms with Gasteiger partial charge in [-0.2, -0.15) is 0 Å².